The van der Waals surface area contributed by atoms with Crippen LogP contribution < -0.4 is 4.74 Å². The third-order valence-corrected chi connectivity index (χ3v) is 2.30. The summed E-state index contributed by atoms with van der Waals surface area (Å²) in [4.78, 5) is 12.4. The molecule has 5 nitrogen and oxygen atoms in total. The second kappa shape index (κ2) is 4.94. The monoisotopic (exact) mass is 238 g/mol. The predicted octanol–water partition coefficient (Wildman–Crippen LogP) is 1.63. The lowest BCUT2D eigenvalue weighted by Gasteiger charge is -2.00. The van der Waals surface area contributed by atoms with Crippen LogP contribution >= 0.6 is 11.6 Å². The molecule has 0 atom stereocenters. The average molecular weight is 239 g/mol. The molecule has 84 valence electrons. The first-order valence-electron chi connectivity index (χ1n) is 4.77. The number of methoxy groups -OCH3 is 1. The van der Waals surface area contributed by atoms with Crippen LogP contribution in [0.1, 0.15) is 0 Å². The van der Waals surface area contributed by atoms with E-state index in [-0.39, 0.29) is 0 Å². The second-order valence-corrected chi connectivity index (χ2v) is 3.39. The highest BCUT2D eigenvalue weighted by Crippen LogP contribution is 2.18. The minimum absolute atomic E-state index is 0.491. The van der Waals surface area contributed by atoms with E-state index >= 15 is 0 Å². The topological polar surface area (TPSA) is 52.8 Å². The maximum Gasteiger partial charge on any atom is 0.245 e. The largest absolute Gasteiger partial charge is 0.479 e. The summed E-state index contributed by atoms with van der Waals surface area (Å²) in [7, 11) is 1.56. The molecule has 0 saturated heterocycles. The molecule has 0 amide bonds. The first-order chi connectivity index (χ1) is 7.86. The van der Waals surface area contributed by atoms with Crippen LogP contribution in [0.4, 0.5) is 0 Å². The van der Waals surface area contributed by atoms with Gasteiger partial charge in [0.25, 0.3) is 0 Å². The van der Waals surface area contributed by atoms with Gasteiger partial charge in [0.2, 0.25) is 5.88 Å². The molecule has 0 aliphatic heterocycles. The lowest BCUT2D eigenvalue weighted by molar-refractivity contribution is 0.401. The molecule has 2 heterocycles. The van der Waals surface area contributed by atoms with Gasteiger partial charge in [-0.05, 0) is 0 Å². The van der Waals surface area contributed by atoms with Crippen molar-refractivity contribution in [1.29, 1.82) is 0 Å². The Balaban J connectivity index is 2.37. The Kier molecular flexibility index (Phi) is 3.36. The van der Waals surface area contributed by atoms with Crippen molar-refractivity contribution in [2.24, 2.45) is 0 Å². The van der Waals surface area contributed by atoms with Crippen LogP contribution in [0.3, 0.4) is 0 Å². The van der Waals surface area contributed by atoms with Crippen molar-refractivity contribution in [1.82, 2.24) is 19.5 Å². The average Bonchev–Trinajstić information content (AvgIpc) is 2.73. The Morgan fingerprint density at radius 3 is 3.00 bits per heavy atom. The van der Waals surface area contributed by atoms with Crippen molar-refractivity contribution in [3.8, 4) is 5.88 Å². The van der Waals surface area contributed by atoms with Crippen molar-refractivity contribution in [2.75, 3.05) is 13.0 Å². The number of hydrogen-bond donors (Lipinski definition) is 0. The number of rotatable bonds is 4. The number of ether oxygens (including phenoxy) is 1. The van der Waals surface area contributed by atoms with Gasteiger partial charge in [0.15, 0.2) is 11.2 Å². The number of allylic oxidation sites excluding steroid dienone is 2. The normalized spacial score (nSPS) is 11.4. The van der Waals surface area contributed by atoms with Gasteiger partial charge in [-0.2, -0.15) is 4.98 Å². The van der Waals surface area contributed by atoms with Gasteiger partial charge in [-0.15, -0.1) is 11.6 Å². The van der Waals surface area contributed by atoms with E-state index in [0.29, 0.717) is 23.8 Å². The van der Waals surface area contributed by atoms with Crippen LogP contribution in [-0.4, -0.2) is 32.5 Å². The van der Waals surface area contributed by atoms with Crippen LogP contribution in [-0.2, 0) is 6.54 Å². The lowest BCUT2D eigenvalue weighted by atomic mass is 10.5. The van der Waals surface area contributed by atoms with Gasteiger partial charge in [0.05, 0.1) is 13.4 Å². The fourth-order valence-corrected chi connectivity index (χ4v) is 1.52. The molecule has 0 unspecified atom stereocenters. The fourth-order valence-electron chi connectivity index (χ4n) is 1.39. The summed E-state index contributed by atoms with van der Waals surface area (Å²) in [5, 5.41) is 0. The molecule has 2 aromatic rings. The fraction of sp³-hybridized carbons (Fsp3) is 0.300. The van der Waals surface area contributed by atoms with E-state index in [1.807, 2.05) is 16.7 Å². The summed E-state index contributed by atoms with van der Waals surface area (Å²) in [6.45, 7) is 0.684. The summed E-state index contributed by atoms with van der Waals surface area (Å²) in [6.07, 6.45) is 7.01. The second-order valence-electron chi connectivity index (χ2n) is 3.08. The third kappa shape index (κ3) is 1.99. The summed E-state index contributed by atoms with van der Waals surface area (Å²) in [5.41, 5.74) is 1.43. The van der Waals surface area contributed by atoms with Crippen LogP contribution in [0.25, 0.3) is 11.2 Å². The van der Waals surface area contributed by atoms with Crippen LogP contribution in [0.2, 0.25) is 0 Å². The molecule has 0 aliphatic carbocycles. The third-order valence-electron chi connectivity index (χ3n) is 2.12. The van der Waals surface area contributed by atoms with E-state index < -0.39 is 0 Å². The smallest absolute Gasteiger partial charge is 0.245 e. The Hall–Kier alpha value is -1.62. The van der Waals surface area contributed by atoms with Crippen molar-refractivity contribution in [3.05, 3.63) is 24.8 Å². The Labute approximate surface area is 97.7 Å². The molecule has 6 heteroatoms. The zero-order valence-electron chi connectivity index (χ0n) is 8.80. The summed E-state index contributed by atoms with van der Waals surface area (Å²) < 4.78 is 7.01. The Bertz CT molecular complexity index is 508. The molecule has 0 saturated carbocycles. The lowest BCUT2D eigenvalue weighted by Crippen LogP contribution is -1.96. The number of alkyl halides is 1. The van der Waals surface area contributed by atoms with Crippen molar-refractivity contribution in [3.63, 3.8) is 0 Å². The summed E-state index contributed by atoms with van der Waals surface area (Å²) in [6, 6.07) is 0. The Morgan fingerprint density at radius 1 is 1.38 bits per heavy atom. The quantitative estimate of drug-likeness (QED) is 0.600. The Morgan fingerprint density at radius 2 is 2.25 bits per heavy atom. The first kappa shape index (κ1) is 10.9. The van der Waals surface area contributed by atoms with Crippen molar-refractivity contribution < 1.29 is 4.74 Å². The number of hydrogen-bond acceptors (Lipinski definition) is 4. The van der Waals surface area contributed by atoms with Gasteiger partial charge in [-0.3, -0.25) is 0 Å². The van der Waals surface area contributed by atoms with Gasteiger partial charge < -0.3 is 9.30 Å². The molecule has 0 bridgehead atoms. The van der Waals surface area contributed by atoms with Crippen LogP contribution in [0, 0.1) is 0 Å². The highest BCUT2D eigenvalue weighted by molar-refractivity contribution is 6.18. The van der Waals surface area contributed by atoms with E-state index in [4.69, 9.17) is 16.3 Å². The van der Waals surface area contributed by atoms with Gasteiger partial charge in [-0.1, -0.05) is 12.2 Å². The molecule has 0 fully saturated rings. The highest BCUT2D eigenvalue weighted by Gasteiger charge is 2.08. The number of nitrogens with zero attached hydrogens (tertiary/aromatic N) is 4. The molecule has 0 aromatic carbocycles. The van der Waals surface area contributed by atoms with E-state index in [0.717, 1.165) is 5.65 Å². The van der Waals surface area contributed by atoms with E-state index in [9.17, 15) is 0 Å². The maximum atomic E-state index is 5.55. The minimum Gasteiger partial charge on any atom is -0.479 e. The molecule has 16 heavy (non-hydrogen) atoms. The molecular weight excluding hydrogens is 228 g/mol. The predicted molar refractivity (Wildman–Crippen MR) is 61.7 cm³/mol. The van der Waals surface area contributed by atoms with Gasteiger partial charge >= 0.3 is 0 Å². The van der Waals surface area contributed by atoms with Crippen molar-refractivity contribution in [2.45, 2.75) is 6.54 Å². The van der Waals surface area contributed by atoms with Crippen molar-refractivity contribution >= 4 is 22.8 Å². The number of imidazole rings is 1. The number of aromatic nitrogens is 4. The molecule has 0 spiro atoms. The van der Waals surface area contributed by atoms with Gasteiger partial charge in [0.1, 0.15) is 6.33 Å². The number of fused-ring (bicyclic) bond motifs is 1. The maximum absolute atomic E-state index is 5.55. The summed E-state index contributed by atoms with van der Waals surface area (Å²) >= 11 is 5.55. The summed E-state index contributed by atoms with van der Waals surface area (Å²) in [5.74, 6) is 0.996. The van der Waals surface area contributed by atoms with Gasteiger partial charge in [0, 0.05) is 12.4 Å². The zero-order valence-corrected chi connectivity index (χ0v) is 9.55. The SMILES string of the molecule is COc1ncnc2c1ncn2C/C=C/CCl. The van der Waals surface area contributed by atoms with E-state index in [1.54, 1.807) is 13.4 Å². The van der Waals surface area contributed by atoms with Crippen LogP contribution in [0.15, 0.2) is 24.8 Å². The number of halogens is 1. The minimum atomic E-state index is 0.491. The zero-order chi connectivity index (χ0) is 11.4. The van der Waals surface area contributed by atoms with E-state index in [2.05, 4.69) is 15.0 Å². The molecule has 2 rings (SSSR count). The highest BCUT2D eigenvalue weighted by atomic mass is 35.5. The first-order valence-corrected chi connectivity index (χ1v) is 5.31. The van der Waals surface area contributed by atoms with E-state index in [1.165, 1.54) is 6.33 Å². The molecule has 0 N–H and O–H groups in total. The molecule has 0 radical (unpaired) electrons. The molecular formula is C10H11ClN4O. The molecule has 2 aromatic heterocycles. The molecule has 0 aliphatic rings. The van der Waals surface area contributed by atoms with Crippen LogP contribution in [0.5, 0.6) is 5.88 Å². The van der Waals surface area contributed by atoms with Gasteiger partial charge in [-0.25, -0.2) is 9.97 Å². The standard InChI is InChI=1S/C10H11ClN4O/c1-16-10-8-9(12-6-13-10)15(7-14-8)5-3-2-4-11/h2-3,6-7H,4-5H2,1H3/b3-2+.